The fourth-order valence-electron chi connectivity index (χ4n) is 1.60. The SMILES string of the molecule is C=C/C(=C\C)c1ccnc(NC(/C=C\C)=C/C=C\C)n1. The zero-order valence-electron chi connectivity index (χ0n) is 12.3. The number of nitrogens with one attached hydrogen (secondary N) is 1. The van der Waals surface area contributed by atoms with Crippen LogP contribution in [0.15, 0.2) is 67.1 Å². The molecule has 3 nitrogen and oxygen atoms in total. The lowest BCUT2D eigenvalue weighted by molar-refractivity contribution is 1.13. The lowest BCUT2D eigenvalue weighted by Crippen LogP contribution is -2.03. The molecule has 3 heteroatoms. The van der Waals surface area contributed by atoms with E-state index < -0.39 is 0 Å². The first kappa shape index (κ1) is 15.6. The van der Waals surface area contributed by atoms with Gasteiger partial charge in [0.15, 0.2) is 0 Å². The van der Waals surface area contributed by atoms with Crippen molar-refractivity contribution < 1.29 is 0 Å². The monoisotopic (exact) mass is 267 g/mol. The number of aromatic nitrogens is 2. The van der Waals surface area contributed by atoms with Gasteiger partial charge in [0.1, 0.15) is 0 Å². The second kappa shape index (κ2) is 8.64. The van der Waals surface area contributed by atoms with E-state index in [1.165, 1.54) is 0 Å². The van der Waals surface area contributed by atoms with Gasteiger partial charge in [-0.05, 0) is 44.6 Å². The molecular formula is C17H21N3. The second-order valence-corrected chi connectivity index (χ2v) is 3.99. The van der Waals surface area contributed by atoms with Gasteiger partial charge in [-0.25, -0.2) is 9.97 Å². The van der Waals surface area contributed by atoms with Crippen molar-refractivity contribution in [3.63, 3.8) is 0 Å². The maximum atomic E-state index is 4.48. The highest BCUT2D eigenvalue weighted by Crippen LogP contribution is 2.14. The molecule has 0 saturated heterocycles. The topological polar surface area (TPSA) is 37.8 Å². The minimum Gasteiger partial charge on any atom is -0.324 e. The summed E-state index contributed by atoms with van der Waals surface area (Å²) in [5.41, 5.74) is 2.77. The quantitative estimate of drug-likeness (QED) is 0.770. The van der Waals surface area contributed by atoms with E-state index in [2.05, 4.69) is 21.9 Å². The van der Waals surface area contributed by atoms with Gasteiger partial charge in [0.2, 0.25) is 5.95 Å². The van der Waals surface area contributed by atoms with Gasteiger partial charge in [-0.3, -0.25) is 0 Å². The predicted molar refractivity (Wildman–Crippen MR) is 87.2 cm³/mol. The Morgan fingerprint density at radius 2 is 2.05 bits per heavy atom. The van der Waals surface area contributed by atoms with Gasteiger partial charge in [0.05, 0.1) is 5.69 Å². The summed E-state index contributed by atoms with van der Waals surface area (Å²) in [6.45, 7) is 9.70. The van der Waals surface area contributed by atoms with Gasteiger partial charge in [0, 0.05) is 11.9 Å². The lowest BCUT2D eigenvalue weighted by Gasteiger charge is -2.07. The van der Waals surface area contributed by atoms with E-state index in [1.807, 2.05) is 63.3 Å². The molecule has 0 aliphatic heterocycles. The summed E-state index contributed by atoms with van der Waals surface area (Å²) in [6.07, 6.45) is 15.3. The molecule has 0 aliphatic rings. The van der Waals surface area contributed by atoms with Gasteiger partial charge < -0.3 is 5.32 Å². The number of hydrogen-bond acceptors (Lipinski definition) is 3. The van der Waals surface area contributed by atoms with E-state index in [-0.39, 0.29) is 0 Å². The Labute approximate surface area is 121 Å². The second-order valence-electron chi connectivity index (χ2n) is 3.99. The number of anilines is 1. The third-order valence-corrected chi connectivity index (χ3v) is 2.55. The fraction of sp³-hybridized carbons (Fsp3) is 0.176. The zero-order chi connectivity index (χ0) is 14.8. The number of rotatable bonds is 6. The minimum absolute atomic E-state index is 0.567. The highest BCUT2D eigenvalue weighted by Gasteiger charge is 2.02. The van der Waals surface area contributed by atoms with Crippen LogP contribution in [0.2, 0.25) is 0 Å². The van der Waals surface area contributed by atoms with Crippen molar-refractivity contribution in [3.05, 3.63) is 72.8 Å². The third kappa shape index (κ3) is 4.69. The van der Waals surface area contributed by atoms with Crippen LogP contribution < -0.4 is 5.32 Å². The normalized spacial score (nSPS) is 13.2. The Hall–Kier alpha value is -2.42. The van der Waals surface area contributed by atoms with Gasteiger partial charge >= 0.3 is 0 Å². The molecular weight excluding hydrogens is 246 g/mol. The van der Waals surface area contributed by atoms with Crippen molar-refractivity contribution in [2.75, 3.05) is 5.32 Å². The van der Waals surface area contributed by atoms with Gasteiger partial charge in [-0.15, -0.1) is 0 Å². The molecule has 1 N–H and O–H groups in total. The van der Waals surface area contributed by atoms with Crippen LogP contribution in [0.3, 0.4) is 0 Å². The molecule has 1 rings (SSSR count). The first-order chi connectivity index (χ1) is 9.74. The largest absolute Gasteiger partial charge is 0.324 e. The highest BCUT2D eigenvalue weighted by atomic mass is 15.1. The molecule has 0 bridgehead atoms. The number of allylic oxidation sites excluding steroid dienone is 8. The van der Waals surface area contributed by atoms with Gasteiger partial charge in [0.25, 0.3) is 0 Å². The molecule has 104 valence electrons. The van der Waals surface area contributed by atoms with E-state index >= 15 is 0 Å². The molecule has 0 saturated carbocycles. The average Bonchev–Trinajstić information content (AvgIpc) is 2.47. The summed E-state index contributed by atoms with van der Waals surface area (Å²) in [5.74, 6) is 0.567. The van der Waals surface area contributed by atoms with Gasteiger partial charge in [-0.1, -0.05) is 37.0 Å². The maximum Gasteiger partial charge on any atom is 0.227 e. The summed E-state index contributed by atoms with van der Waals surface area (Å²) >= 11 is 0. The van der Waals surface area contributed by atoms with Crippen molar-refractivity contribution in [3.8, 4) is 0 Å². The summed E-state index contributed by atoms with van der Waals surface area (Å²) < 4.78 is 0. The summed E-state index contributed by atoms with van der Waals surface area (Å²) in [5, 5.41) is 3.20. The molecule has 0 atom stereocenters. The van der Waals surface area contributed by atoms with Crippen molar-refractivity contribution in [1.82, 2.24) is 9.97 Å². The molecule has 1 aromatic rings. The molecule has 20 heavy (non-hydrogen) atoms. The Balaban J connectivity index is 3.02. The van der Waals surface area contributed by atoms with Crippen molar-refractivity contribution in [2.45, 2.75) is 20.8 Å². The predicted octanol–water partition coefficient (Wildman–Crippen LogP) is 4.51. The minimum atomic E-state index is 0.567. The number of nitrogens with zero attached hydrogens (tertiary/aromatic N) is 2. The summed E-state index contributed by atoms with van der Waals surface area (Å²) in [6, 6.07) is 1.87. The molecule has 0 spiro atoms. The van der Waals surface area contributed by atoms with Crippen LogP contribution in [0.25, 0.3) is 5.57 Å². The van der Waals surface area contributed by atoms with Crippen LogP contribution >= 0.6 is 0 Å². The molecule has 0 fully saturated rings. The highest BCUT2D eigenvalue weighted by molar-refractivity contribution is 5.71. The van der Waals surface area contributed by atoms with E-state index in [9.17, 15) is 0 Å². The third-order valence-electron chi connectivity index (χ3n) is 2.55. The molecule has 0 aliphatic carbocycles. The van der Waals surface area contributed by atoms with E-state index in [0.717, 1.165) is 17.0 Å². The Bertz CT molecular complexity index is 563. The molecule has 0 aromatic carbocycles. The summed E-state index contributed by atoms with van der Waals surface area (Å²) in [4.78, 5) is 8.72. The first-order valence-electron chi connectivity index (χ1n) is 6.60. The van der Waals surface area contributed by atoms with Crippen LogP contribution in [0.4, 0.5) is 5.95 Å². The molecule has 0 radical (unpaired) electrons. The zero-order valence-corrected chi connectivity index (χ0v) is 12.3. The smallest absolute Gasteiger partial charge is 0.227 e. The Kier molecular flexibility index (Phi) is 6.76. The maximum absolute atomic E-state index is 4.48. The molecule has 0 amide bonds. The first-order valence-corrected chi connectivity index (χ1v) is 6.60. The van der Waals surface area contributed by atoms with Crippen LogP contribution in [0.1, 0.15) is 26.5 Å². The van der Waals surface area contributed by atoms with E-state index in [0.29, 0.717) is 5.95 Å². The molecule has 0 unspecified atom stereocenters. The van der Waals surface area contributed by atoms with Crippen LogP contribution in [-0.2, 0) is 0 Å². The van der Waals surface area contributed by atoms with E-state index in [4.69, 9.17) is 0 Å². The van der Waals surface area contributed by atoms with Crippen molar-refractivity contribution in [1.29, 1.82) is 0 Å². The van der Waals surface area contributed by atoms with Crippen molar-refractivity contribution >= 4 is 11.5 Å². The lowest BCUT2D eigenvalue weighted by atomic mass is 10.2. The summed E-state index contributed by atoms with van der Waals surface area (Å²) in [7, 11) is 0. The molecule has 1 heterocycles. The average molecular weight is 267 g/mol. The fourth-order valence-corrected chi connectivity index (χ4v) is 1.60. The Morgan fingerprint density at radius 1 is 1.25 bits per heavy atom. The van der Waals surface area contributed by atoms with Crippen LogP contribution in [0, 0.1) is 0 Å². The van der Waals surface area contributed by atoms with Crippen LogP contribution in [-0.4, -0.2) is 9.97 Å². The standard InChI is InChI=1S/C17H21N3/c1-5-9-11-15(10-6-2)19-17-18-13-12-16(20-17)14(7-3)8-4/h5-13H,3H2,1-2,4H3,(H,18,19,20)/b9-5-,10-6-,14-8+,15-11+. The van der Waals surface area contributed by atoms with Crippen LogP contribution in [0.5, 0.6) is 0 Å². The van der Waals surface area contributed by atoms with Crippen molar-refractivity contribution in [2.24, 2.45) is 0 Å². The van der Waals surface area contributed by atoms with Gasteiger partial charge in [-0.2, -0.15) is 0 Å². The Morgan fingerprint density at radius 3 is 2.65 bits per heavy atom. The van der Waals surface area contributed by atoms with E-state index in [1.54, 1.807) is 12.3 Å². The number of hydrogen-bond donors (Lipinski definition) is 1. The molecule has 1 aromatic heterocycles.